The van der Waals surface area contributed by atoms with Gasteiger partial charge in [-0.2, -0.15) is 0 Å². The molecule has 6 heteroatoms. The highest BCUT2D eigenvalue weighted by atomic mass is 32.1. The molecule has 106 valence electrons. The van der Waals surface area contributed by atoms with Crippen LogP contribution >= 0.6 is 11.3 Å². The number of methoxy groups -OCH3 is 1. The summed E-state index contributed by atoms with van der Waals surface area (Å²) in [7, 11) is 3.20. The van der Waals surface area contributed by atoms with Crippen LogP contribution in [-0.2, 0) is 0 Å². The number of thiophene rings is 1. The molecule has 0 spiro atoms. The van der Waals surface area contributed by atoms with Gasteiger partial charge in [0.15, 0.2) is 5.75 Å². The smallest absolute Gasteiger partial charge is 0.263 e. The lowest BCUT2D eigenvalue weighted by atomic mass is 10.3. The van der Waals surface area contributed by atoms with E-state index in [1.807, 2.05) is 0 Å². The van der Waals surface area contributed by atoms with Crippen LogP contribution in [0.15, 0.2) is 0 Å². The number of ether oxygens (including phenoxy) is 1. The molecule has 1 heterocycles. The van der Waals surface area contributed by atoms with E-state index in [1.165, 1.54) is 24.2 Å². The van der Waals surface area contributed by atoms with Crippen molar-refractivity contribution in [2.24, 2.45) is 5.92 Å². The van der Waals surface area contributed by atoms with Crippen LogP contribution in [0.3, 0.4) is 0 Å². The van der Waals surface area contributed by atoms with Gasteiger partial charge < -0.3 is 20.7 Å². The zero-order valence-corrected chi connectivity index (χ0v) is 12.5. The molecular formula is C13H21N3O2S. The second-order valence-electron chi connectivity index (χ2n) is 4.74. The molecule has 5 nitrogen and oxygen atoms in total. The van der Waals surface area contributed by atoms with Crippen LogP contribution in [0.5, 0.6) is 5.75 Å². The normalized spacial score (nSPS) is 14.3. The van der Waals surface area contributed by atoms with Crippen molar-refractivity contribution in [2.75, 3.05) is 37.9 Å². The molecule has 1 aliphatic rings. The van der Waals surface area contributed by atoms with E-state index >= 15 is 0 Å². The molecule has 1 aromatic rings. The van der Waals surface area contributed by atoms with Crippen molar-refractivity contribution in [1.29, 1.82) is 0 Å². The third kappa shape index (κ3) is 2.78. The third-order valence-corrected chi connectivity index (χ3v) is 4.61. The van der Waals surface area contributed by atoms with Crippen LogP contribution < -0.4 is 20.7 Å². The van der Waals surface area contributed by atoms with Gasteiger partial charge in [0, 0.05) is 20.1 Å². The lowest BCUT2D eigenvalue weighted by Crippen LogP contribution is -2.24. The van der Waals surface area contributed by atoms with Crippen molar-refractivity contribution in [2.45, 2.75) is 19.8 Å². The van der Waals surface area contributed by atoms with E-state index in [2.05, 4.69) is 17.1 Å². The Labute approximate surface area is 117 Å². The predicted molar refractivity (Wildman–Crippen MR) is 79.3 cm³/mol. The molecule has 19 heavy (non-hydrogen) atoms. The third-order valence-electron chi connectivity index (χ3n) is 3.36. The predicted octanol–water partition coefficient (Wildman–Crippen LogP) is 1.93. The zero-order valence-electron chi connectivity index (χ0n) is 11.7. The molecule has 1 aliphatic carbocycles. The quantitative estimate of drug-likeness (QED) is 0.837. The molecule has 0 unspecified atom stereocenters. The summed E-state index contributed by atoms with van der Waals surface area (Å²) >= 11 is 1.41. The number of hydrogen-bond acceptors (Lipinski definition) is 5. The molecule has 0 saturated heterocycles. The molecule has 1 fully saturated rings. The number of anilines is 2. The fourth-order valence-electron chi connectivity index (χ4n) is 2.07. The highest BCUT2D eigenvalue weighted by molar-refractivity contribution is 7.19. The van der Waals surface area contributed by atoms with Gasteiger partial charge in [-0.15, -0.1) is 11.3 Å². The molecular weight excluding hydrogens is 262 g/mol. The standard InChI is InChI=1S/C13H21N3O2S/c1-4-16(7-8-5-6-8)13-10(18-3)9(14)11(19-13)12(17)15-2/h8H,4-7,14H2,1-3H3,(H,15,17). The van der Waals surface area contributed by atoms with Crippen molar-refractivity contribution in [3.63, 3.8) is 0 Å². The number of nitrogens with two attached hydrogens (primary N) is 1. The number of amides is 1. The Bertz CT molecular complexity index is 469. The molecule has 0 aromatic carbocycles. The Morgan fingerprint density at radius 3 is 2.74 bits per heavy atom. The van der Waals surface area contributed by atoms with Gasteiger partial charge in [0.05, 0.1) is 7.11 Å². The largest absolute Gasteiger partial charge is 0.492 e. The average Bonchev–Trinajstić information content (AvgIpc) is 3.18. The maximum atomic E-state index is 11.8. The number of rotatable bonds is 6. The Morgan fingerprint density at radius 2 is 2.26 bits per heavy atom. The number of carbonyl (C=O) groups excluding carboxylic acids is 1. The summed E-state index contributed by atoms with van der Waals surface area (Å²) in [5, 5.41) is 3.58. The Kier molecular flexibility index (Phi) is 4.19. The molecule has 1 aromatic heterocycles. The monoisotopic (exact) mass is 283 g/mol. The first kappa shape index (κ1) is 14.0. The fourth-order valence-corrected chi connectivity index (χ4v) is 3.28. The molecule has 1 saturated carbocycles. The molecule has 0 atom stereocenters. The van der Waals surface area contributed by atoms with Crippen LogP contribution in [0, 0.1) is 5.92 Å². The van der Waals surface area contributed by atoms with Crippen LogP contribution in [0.25, 0.3) is 0 Å². The highest BCUT2D eigenvalue weighted by Gasteiger charge is 2.28. The van der Waals surface area contributed by atoms with E-state index in [9.17, 15) is 4.79 Å². The molecule has 0 aliphatic heterocycles. The van der Waals surface area contributed by atoms with E-state index in [0.717, 1.165) is 24.0 Å². The number of nitrogen functional groups attached to an aromatic ring is 1. The number of nitrogens with one attached hydrogen (secondary N) is 1. The molecule has 2 rings (SSSR count). The molecule has 0 radical (unpaired) electrons. The molecule has 0 bridgehead atoms. The fraction of sp³-hybridized carbons (Fsp3) is 0.615. The first-order valence-corrected chi connectivity index (χ1v) is 7.37. The number of nitrogens with zero attached hydrogens (tertiary/aromatic N) is 1. The van der Waals surface area contributed by atoms with Crippen molar-refractivity contribution < 1.29 is 9.53 Å². The second-order valence-corrected chi connectivity index (χ2v) is 5.74. The van der Waals surface area contributed by atoms with Gasteiger partial charge in [0.2, 0.25) is 0 Å². The van der Waals surface area contributed by atoms with Crippen LogP contribution in [0.2, 0.25) is 0 Å². The Morgan fingerprint density at radius 1 is 1.58 bits per heavy atom. The highest BCUT2D eigenvalue weighted by Crippen LogP contribution is 2.45. The minimum absolute atomic E-state index is 0.158. The summed E-state index contributed by atoms with van der Waals surface area (Å²) in [6.45, 7) is 4.01. The molecule has 3 N–H and O–H groups in total. The van der Waals surface area contributed by atoms with Crippen LogP contribution in [-0.4, -0.2) is 33.2 Å². The van der Waals surface area contributed by atoms with Gasteiger partial charge in [0.25, 0.3) is 5.91 Å². The minimum atomic E-state index is -0.158. The van der Waals surface area contributed by atoms with Crippen LogP contribution in [0.4, 0.5) is 10.7 Å². The summed E-state index contributed by atoms with van der Waals surface area (Å²) in [5.74, 6) is 1.25. The van der Waals surface area contributed by atoms with E-state index in [-0.39, 0.29) is 5.91 Å². The van der Waals surface area contributed by atoms with Crippen molar-refractivity contribution in [1.82, 2.24) is 5.32 Å². The zero-order chi connectivity index (χ0) is 14.0. The summed E-state index contributed by atoms with van der Waals surface area (Å²) in [6.07, 6.45) is 2.59. The van der Waals surface area contributed by atoms with Gasteiger partial charge in [-0.25, -0.2) is 0 Å². The van der Waals surface area contributed by atoms with Crippen molar-refractivity contribution >= 4 is 27.9 Å². The Balaban J connectivity index is 2.33. The van der Waals surface area contributed by atoms with E-state index < -0.39 is 0 Å². The van der Waals surface area contributed by atoms with Gasteiger partial charge in [-0.05, 0) is 25.7 Å². The summed E-state index contributed by atoms with van der Waals surface area (Å²) < 4.78 is 5.40. The maximum absolute atomic E-state index is 11.8. The van der Waals surface area contributed by atoms with Crippen molar-refractivity contribution in [3.05, 3.63) is 4.88 Å². The lowest BCUT2D eigenvalue weighted by molar-refractivity contribution is 0.0967. The average molecular weight is 283 g/mol. The second kappa shape index (κ2) is 5.69. The van der Waals surface area contributed by atoms with E-state index in [1.54, 1.807) is 14.2 Å². The summed E-state index contributed by atoms with van der Waals surface area (Å²) in [6, 6.07) is 0. The topological polar surface area (TPSA) is 67.6 Å². The first-order chi connectivity index (χ1) is 9.12. The summed E-state index contributed by atoms with van der Waals surface area (Å²) in [4.78, 5) is 14.6. The van der Waals surface area contributed by atoms with Crippen molar-refractivity contribution in [3.8, 4) is 5.75 Å². The number of carbonyl (C=O) groups is 1. The van der Waals surface area contributed by atoms with E-state index in [4.69, 9.17) is 10.5 Å². The lowest BCUT2D eigenvalue weighted by Gasteiger charge is -2.22. The van der Waals surface area contributed by atoms with Crippen LogP contribution in [0.1, 0.15) is 29.4 Å². The Hall–Kier alpha value is -1.43. The summed E-state index contributed by atoms with van der Waals surface area (Å²) in [5.41, 5.74) is 6.47. The van der Waals surface area contributed by atoms with Gasteiger partial charge in [0.1, 0.15) is 15.6 Å². The maximum Gasteiger partial charge on any atom is 0.263 e. The minimum Gasteiger partial charge on any atom is -0.492 e. The SMILES string of the molecule is CCN(CC1CC1)c1sc(C(=O)NC)c(N)c1OC. The molecule has 1 amide bonds. The number of hydrogen-bond donors (Lipinski definition) is 2. The first-order valence-electron chi connectivity index (χ1n) is 6.55. The van der Waals surface area contributed by atoms with E-state index in [0.29, 0.717) is 16.3 Å². The van der Waals surface area contributed by atoms with Gasteiger partial charge in [-0.1, -0.05) is 0 Å². The van der Waals surface area contributed by atoms with Gasteiger partial charge >= 0.3 is 0 Å². The van der Waals surface area contributed by atoms with Gasteiger partial charge in [-0.3, -0.25) is 4.79 Å².